The highest BCUT2D eigenvalue weighted by molar-refractivity contribution is 6.29. The largest absolute Gasteiger partial charge is 0.414 e. The zero-order valence-corrected chi connectivity index (χ0v) is 8.25. The zero-order valence-electron chi connectivity index (χ0n) is 6.84. The van der Waals surface area contributed by atoms with Crippen molar-refractivity contribution in [1.29, 1.82) is 0 Å². The summed E-state index contributed by atoms with van der Waals surface area (Å²) in [6.07, 6.45) is 3.64. The van der Waals surface area contributed by atoms with Gasteiger partial charge in [0.25, 0.3) is 0 Å². The Labute approximate surface area is 65.7 Å². The van der Waals surface area contributed by atoms with E-state index in [9.17, 15) is 0 Å². The van der Waals surface area contributed by atoms with Crippen molar-refractivity contribution in [3.05, 3.63) is 25.3 Å². The molecule has 0 aromatic heterocycles. The fourth-order valence-electron chi connectivity index (χ4n) is 0.536. The van der Waals surface area contributed by atoms with Crippen LogP contribution in [0.2, 0.25) is 5.54 Å². The smallest absolute Gasteiger partial charge is 0.165 e. The first-order chi connectivity index (χ1) is 4.70. The van der Waals surface area contributed by atoms with Crippen molar-refractivity contribution in [3.8, 4) is 0 Å². The van der Waals surface area contributed by atoms with Crippen LogP contribution in [0, 0.1) is 0 Å². The molecule has 0 aliphatic carbocycles. The lowest BCUT2D eigenvalue weighted by Crippen LogP contribution is -2.11. The van der Waals surface area contributed by atoms with Gasteiger partial charge in [0, 0.05) is 0 Å². The monoisotopic (exact) mass is 156 g/mol. The minimum absolute atomic E-state index is 0.0778. The molecular weight excluding hydrogens is 140 g/mol. The van der Waals surface area contributed by atoms with Gasteiger partial charge in [-0.05, 0) is 5.54 Å². The van der Waals surface area contributed by atoms with Crippen LogP contribution in [0.25, 0.3) is 0 Å². The standard InChI is InChI=1S/C8H16OSi/c1-5-8(6-2)9-10-7(3)4/h5-8H,1-2,10H2,3-4H3. The molecule has 0 rings (SSSR count). The third-order valence-corrected chi connectivity index (χ3v) is 2.33. The fourth-order valence-corrected chi connectivity index (χ4v) is 1.42. The van der Waals surface area contributed by atoms with Gasteiger partial charge in [0.15, 0.2) is 9.76 Å². The van der Waals surface area contributed by atoms with Crippen LogP contribution in [-0.2, 0) is 4.43 Å². The van der Waals surface area contributed by atoms with Crippen molar-refractivity contribution in [3.63, 3.8) is 0 Å². The molecule has 58 valence electrons. The van der Waals surface area contributed by atoms with Gasteiger partial charge in [0.05, 0.1) is 6.10 Å². The Morgan fingerprint density at radius 3 is 2.10 bits per heavy atom. The molecule has 0 heterocycles. The van der Waals surface area contributed by atoms with E-state index < -0.39 is 0 Å². The summed E-state index contributed by atoms with van der Waals surface area (Å²) in [6.45, 7) is 11.6. The third kappa shape index (κ3) is 4.53. The molecule has 0 saturated carbocycles. The molecule has 0 fully saturated rings. The summed E-state index contributed by atoms with van der Waals surface area (Å²) in [7, 11) is -0.366. The molecule has 0 spiro atoms. The van der Waals surface area contributed by atoms with Gasteiger partial charge in [-0.25, -0.2) is 0 Å². The van der Waals surface area contributed by atoms with Crippen LogP contribution in [0.15, 0.2) is 25.3 Å². The van der Waals surface area contributed by atoms with Gasteiger partial charge in [0.1, 0.15) is 0 Å². The highest BCUT2D eigenvalue weighted by Gasteiger charge is 1.99. The second-order valence-electron chi connectivity index (χ2n) is 2.66. The summed E-state index contributed by atoms with van der Waals surface area (Å²) in [6, 6.07) is 0. The minimum Gasteiger partial charge on any atom is -0.414 e. The molecule has 0 aliphatic rings. The molecule has 0 atom stereocenters. The van der Waals surface area contributed by atoms with E-state index >= 15 is 0 Å². The molecule has 0 bridgehead atoms. The summed E-state index contributed by atoms with van der Waals surface area (Å²) < 4.78 is 5.50. The van der Waals surface area contributed by atoms with Crippen LogP contribution < -0.4 is 0 Å². The summed E-state index contributed by atoms with van der Waals surface area (Å²) in [5.74, 6) is 0. The molecule has 10 heavy (non-hydrogen) atoms. The summed E-state index contributed by atoms with van der Waals surface area (Å²) >= 11 is 0. The van der Waals surface area contributed by atoms with Gasteiger partial charge in [-0.15, -0.1) is 13.2 Å². The van der Waals surface area contributed by atoms with Crippen molar-refractivity contribution in [2.75, 3.05) is 0 Å². The van der Waals surface area contributed by atoms with Crippen LogP contribution >= 0.6 is 0 Å². The predicted octanol–water partition coefficient (Wildman–Crippen LogP) is 1.66. The number of hydrogen-bond acceptors (Lipinski definition) is 1. The highest BCUT2D eigenvalue weighted by Crippen LogP contribution is 2.01. The Bertz CT molecular complexity index is 102. The van der Waals surface area contributed by atoms with Crippen molar-refractivity contribution in [1.82, 2.24) is 0 Å². The molecule has 1 nitrogen and oxygen atoms in total. The predicted molar refractivity (Wildman–Crippen MR) is 48.9 cm³/mol. The highest BCUT2D eigenvalue weighted by atomic mass is 28.2. The molecule has 0 radical (unpaired) electrons. The SMILES string of the molecule is C=CC(C=C)O[SiH2]C(C)C. The first kappa shape index (κ1) is 9.66. The van der Waals surface area contributed by atoms with E-state index in [-0.39, 0.29) is 15.9 Å². The van der Waals surface area contributed by atoms with E-state index in [4.69, 9.17) is 4.43 Å². The summed E-state index contributed by atoms with van der Waals surface area (Å²) in [5, 5.41) is 0. The minimum atomic E-state index is -0.366. The normalized spacial score (nSPS) is 11.6. The van der Waals surface area contributed by atoms with Gasteiger partial charge in [0.2, 0.25) is 0 Å². The van der Waals surface area contributed by atoms with Crippen LogP contribution in [0.3, 0.4) is 0 Å². The van der Waals surface area contributed by atoms with E-state index in [1.54, 1.807) is 12.2 Å². The lowest BCUT2D eigenvalue weighted by Gasteiger charge is -2.10. The van der Waals surface area contributed by atoms with Crippen LogP contribution in [0.5, 0.6) is 0 Å². The van der Waals surface area contributed by atoms with Gasteiger partial charge >= 0.3 is 0 Å². The van der Waals surface area contributed by atoms with E-state index in [0.717, 1.165) is 0 Å². The second-order valence-corrected chi connectivity index (χ2v) is 4.96. The average molecular weight is 156 g/mol. The van der Waals surface area contributed by atoms with Crippen LogP contribution in [-0.4, -0.2) is 15.9 Å². The molecule has 0 aromatic rings. The van der Waals surface area contributed by atoms with Crippen LogP contribution in [0.1, 0.15) is 13.8 Å². The maximum Gasteiger partial charge on any atom is 0.165 e. The lowest BCUT2D eigenvalue weighted by molar-refractivity contribution is 0.310. The molecule has 0 saturated heterocycles. The van der Waals surface area contributed by atoms with Gasteiger partial charge < -0.3 is 4.43 Å². The quantitative estimate of drug-likeness (QED) is 0.434. The third-order valence-electron chi connectivity index (χ3n) is 1.09. The van der Waals surface area contributed by atoms with Gasteiger partial charge in [-0.1, -0.05) is 26.0 Å². The number of hydrogen-bond donors (Lipinski definition) is 0. The van der Waals surface area contributed by atoms with E-state index in [1.165, 1.54) is 0 Å². The maximum atomic E-state index is 5.50. The Balaban J connectivity index is 3.44. The molecule has 0 amide bonds. The topological polar surface area (TPSA) is 9.23 Å². The van der Waals surface area contributed by atoms with Gasteiger partial charge in [-0.3, -0.25) is 0 Å². The zero-order chi connectivity index (χ0) is 7.98. The first-order valence-corrected chi connectivity index (χ1v) is 4.96. The Hall–Kier alpha value is -0.343. The summed E-state index contributed by atoms with van der Waals surface area (Å²) in [4.78, 5) is 0. The molecule has 0 aromatic carbocycles. The van der Waals surface area contributed by atoms with Crippen molar-refractivity contribution >= 4 is 9.76 Å². The Morgan fingerprint density at radius 1 is 1.30 bits per heavy atom. The van der Waals surface area contributed by atoms with E-state index in [2.05, 4.69) is 27.0 Å². The molecule has 0 N–H and O–H groups in total. The molecular formula is C8H16OSi. The second kappa shape index (κ2) is 5.44. The average Bonchev–Trinajstić information content (AvgIpc) is 1.90. The van der Waals surface area contributed by atoms with E-state index in [1.807, 2.05) is 0 Å². The maximum absolute atomic E-state index is 5.50. The molecule has 2 heteroatoms. The Kier molecular flexibility index (Phi) is 5.26. The lowest BCUT2D eigenvalue weighted by atomic mass is 10.4. The van der Waals surface area contributed by atoms with Crippen molar-refractivity contribution in [2.45, 2.75) is 25.5 Å². The molecule has 0 aliphatic heterocycles. The number of rotatable bonds is 5. The molecule has 0 unspecified atom stereocenters. The van der Waals surface area contributed by atoms with Crippen LogP contribution in [0.4, 0.5) is 0 Å². The first-order valence-electron chi connectivity index (χ1n) is 3.57. The van der Waals surface area contributed by atoms with Gasteiger partial charge in [-0.2, -0.15) is 0 Å². The van der Waals surface area contributed by atoms with E-state index in [0.29, 0.717) is 5.54 Å². The Morgan fingerprint density at radius 2 is 1.80 bits per heavy atom. The van der Waals surface area contributed by atoms with Crippen molar-refractivity contribution < 1.29 is 4.43 Å². The fraction of sp³-hybridized carbons (Fsp3) is 0.500. The van der Waals surface area contributed by atoms with Crippen molar-refractivity contribution in [2.24, 2.45) is 0 Å². The summed E-state index contributed by atoms with van der Waals surface area (Å²) in [5.41, 5.74) is 0.711.